The Morgan fingerprint density at radius 1 is 0.707 bits per heavy atom. The number of alkyl halides is 4. The first-order valence-electron chi connectivity index (χ1n) is 13.1. The summed E-state index contributed by atoms with van der Waals surface area (Å²) >= 11 is 17.5. The summed E-state index contributed by atoms with van der Waals surface area (Å²) < 4.78 is 51.0. The van der Waals surface area contributed by atoms with Gasteiger partial charge in [-0.3, -0.25) is 9.97 Å². The summed E-state index contributed by atoms with van der Waals surface area (Å²) in [5.74, 6) is -4.77. The molecule has 14 heteroatoms. The van der Waals surface area contributed by atoms with Crippen molar-refractivity contribution >= 4 is 56.3 Å². The number of aromatic nitrogens is 6. The summed E-state index contributed by atoms with van der Waals surface area (Å²) in [5.41, 5.74) is 6.01. The molecule has 7 nitrogen and oxygen atoms in total. The maximum absolute atomic E-state index is 13.2. The Morgan fingerprint density at radius 3 is 1.68 bits per heavy atom. The van der Waals surface area contributed by atoms with E-state index >= 15 is 0 Å². The number of fused-ring (bicyclic) bond motifs is 2. The Kier molecular flexibility index (Phi) is 10.5. The molecular formula is C27H28Cl3F4N7. The molecular weight excluding hydrogens is 605 g/mol. The van der Waals surface area contributed by atoms with Gasteiger partial charge in [0, 0.05) is 72.0 Å². The van der Waals surface area contributed by atoms with Gasteiger partial charge < -0.3 is 5.73 Å². The van der Waals surface area contributed by atoms with Crippen molar-refractivity contribution < 1.29 is 17.6 Å². The average molecular weight is 633 g/mol. The molecule has 41 heavy (non-hydrogen) atoms. The maximum Gasteiger partial charge on any atom is 0.248 e. The van der Waals surface area contributed by atoms with E-state index in [1.807, 2.05) is 0 Å². The van der Waals surface area contributed by atoms with Crippen LogP contribution >= 0.6 is 34.8 Å². The van der Waals surface area contributed by atoms with E-state index in [4.69, 9.17) is 40.5 Å². The predicted molar refractivity (Wildman–Crippen MR) is 152 cm³/mol. The highest BCUT2D eigenvalue weighted by atomic mass is 35.5. The minimum Gasteiger partial charge on any atom is -0.330 e. The zero-order valence-corrected chi connectivity index (χ0v) is 24.2. The largest absolute Gasteiger partial charge is 0.330 e. The monoisotopic (exact) mass is 631 g/mol. The molecule has 2 fully saturated rings. The number of hydrogen-bond donors (Lipinski definition) is 1. The molecule has 4 aromatic rings. The van der Waals surface area contributed by atoms with Gasteiger partial charge in [-0.1, -0.05) is 34.8 Å². The highest BCUT2D eigenvalue weighted by Gasteiger charge is 2.39. The van der Waals surface area contributed by atoms with Gasteiger partial charge in [-0.2, -0.15) is 5.10 Å². The van der Waals surface area contributed by atoms with Crippen molar-refractivity contribution in [3.8, 4) is 0 Å². The molecule has 0 spiro atoms. The van der Waals surface area contributed by atoms with Gasteiger partial charge in [-0.05, 0) is 56.2 Å². The number of hydrogen-bond acceptors (Lipinski definition) is 7. The number of nitrogens with zero attached hydrogens (tertiary/aromatic N) is 6. The number of halogens is 7. The van der Waals surface area contributed by atoms with Crippen LogP contribution in [0.1, 0.15) is 50.6 Å². The number of nitrogens with two attached hydrogens (primary N) is 1. The molecule has 0 aromatic carbocycles. The van der Waals surface area contributed by atoms with Gasteiger partial charge >= 0.3 is 0 Å². The zero-order valence-electron chi connectivity index (χ0n) is 21.9. The number of pyridine rings is 2. The van der Waals surface area contributed by atoms with E-state index in [-0.39, 0.29) is 37.5 Å². The van der Waals surface area contributed by atoms with Crippen molar-refractivity contribution in [1.82, 2.24) is 30.4 Å². The van der Waals surface area contributed by atoms with Gasteiger partial charge in [0.05, 0.1) is 5.69 Å². The highest BCUT2D eigenvalue weighted by Crippen LogP contribution is 2.41. The summed E-state index contributed by atoms with van der Waals surface area (Å²) in [5, 5.41) is 19.5. The zero-order chi connectivity index (χ0) is 29.6. The molecule has 2 aliphatic rings. The highest BCUT2D eigenvalue weighted by molar-refractivity contribution is 6.38. The van der Waals surface area contributed by atoms with E-state index in [1.54, 1.807) is 36.9 Å². The molecule has 2 saturated carbocycles. The molecule has 0 saturated heterocycles. The second kappa shape index (κ2) is 13.7. The molecule has 6 rings (SSSR count). The van der Waals surface area contributed by atoms with E-state index in [9.17, 15) is 17.6 Å². The third kappa shape index (κ3) is 8.53. The SMILES string of the molecule is Clc1nnc(Cl)c2cnccc12.FC1(F)CCC(CCc2nnc(Cl)c3ccncc23)C1.NCC1CCC(F)(F)C1. The third-order valence-corrected chi connectivity index (χ3v) is 8.08. The van der Waals surface area contributed by atoms with Crippen molar-refractivity contribution in [2.24, 2.45) is 17.6 Å². The fourth-order valence-corrected chi connectivity index (χ4v) is 5.60. The first-order chi connectivity index (χ1) is 19.5. The molecule has 0 aliphatic heterocycles. The second-order valence-corrected chi connectivity index (χ2v) is 11.3. The second-order valence-electron chi connectivity index (χ2n) is 10.3. The van der Waals surface area contributed by atoms with Crippen LogP contribution < -0.4 is 5.73 Å². The molecule has 0 amide bonds. The van der Waals surface area contributed by atoms with Gasteiger partial charge in [0.1, 0.15) is 0 Å². The summed E-state index contributed by atoms with van der Waals surface area (Å²) in [7, 11) is 0. The van der Waals surface area contributed by atoms with Crippen LogP contribution in [0, 0.1) is 11.8 Å². The first-order valence-corrected chi connectivity index (χ1v) is 14.2. The molecule has 2 aliphatic carbocycles. The Bertz CT molecular complexity index is 1440. The minimum absolute atomic E-state index is 0.00347. The average Bonchev–Trinajstić information content (AvgIpc) is 3.51. The van der Waals surface area contributed by atoms with E-state index < -0.39 is 11.8 Å². The molecule has 0 bridgehead atoms. The van der Waals surface area contributed by atoms with Crippen LogP contribution in [0.5, 0.6) is 0 Å². The van der Waals surface area contributed by atoms with Crippen LogP contribution in [0.2, 0.25) is 15.5 Å². The predicted octanol–water partition coefficient (Wildman–Crippen LogP) is 7.76. The number of aryl methyl sites for hydroxylation is 1. The topological polar surface area (TPSA) is 103 Å². The van der Waals surface area contributed by atoms with Crippen LogP contribution in [0.15, 0.2) is 36.9 Å². The lowest BCUT2D eigenvalue weighted by Gasteiger charge is -2.11. The van der Waals surface area contributed by atoms with Crippen LogP contribution in [0.3, 0.4) is 0 Å². The Labute approximate surface area is 249 Å². The van der Waals surface area contributed by atoms with Gasteiger partial charge in [-0.15, -0.1) is 15.3 Å². The number of rotatable bonds is 4. The summed E-state index contributed by atoms with van der Waals surface area (Å²) in [4.78, 5) is 7.98. The quantitative estimate of drug-likeness (QED) is 0.229. The van der Waals surface area contributed by atoms with Crippen molar-refractivity contribution in [3.05, 3.63) is 58.1 Å². The lowest BCUT2D eigenvalue weighted by atomic mass is 9.99. The lowest BCUT2D eigenvalue weighted by Crippen LogP contribution is -2.14. The standard InChI is InChI=1S/C14H14ClF2N3.C7H3Cl2N3.C6H11F2N/c15-13-10-4-6-18-8-11(10)12(19-20-13)2-1-9-3-5-14(16,17)7-9;8-6-4-1-2-10-3-5(4)7(9)12-11-6;7-6(8)2-1-5(3-6)4-9/h4,6,8-9H,1-3,5,7H2;1-3H;5H,1-4,9H2. The van der Waals surface area contributed by atoms with Gasteiger partial charge in [-0.25, -0.2) is 17.6 Å². The van der Waals surface area contributed by atoms with Crippen molar-refractivity contribution in [3.63, 3.8) is 0 Å². The summed E-state index contributed by atoms with van der Waals surface area (Å²) in [6, 6.07) is 3.54. The van der Waals surface area contributed by atoms with Crippen molar-refractivity contribution in [1.29, 1.82) is 0 Å². The fourth-order valence-electron chi connectivity index (χ4n) is 5.01. The van der Waals surface area contributed by atoms with Gasteiger partial charge in [0.2, 0.25) is 11.8 Å². The van der Waals surface area contributed by atoms with Crippen molar-refractivity contribution in [2.75, 3.05) is 6.54 Å². The Balaban J connectivity index is 0.000000156. The Morgan fingerprint density at radius 2 is 1.20 bits per heavy atom. The first kappa shape index (κ1) is 31.5. The molecule has 2 unspecified atom stereocenters. The Hall–Kier alpha value is -2.47. The molecule has 4 heterocycles. The van der Waals surface area contributed by atoms with Gasteiger partial charge in [0.15, 0.2) is 15.5 Å². The summed E-state index contributed by atoms with van der Waals surface area (Å²) in [6.07, 6.45) is 9.15. The lowest BCUT2D eigenvalue weighted by molar-refractivity contribution is 0.00428. The third-order valence-electron chi connectivity index (χ3n) is 7.24. The van der Waals surface area contributed by atoms with E-state index in [0.717, 1.165) is 27.2 Å². The molecule has 4 aromatic heterocycles. The van der Waals surface area contributed by atoms with E-state index in [2.05, 4.69) is 30.4 Å². The van der Waals surface area contributed by atoms with Gasteiger partial charge in [0.25, 0.3) is 0 Å². The smallest absolute Gasteiger partial charge is 0.248 e. The fraction of sp³-hybridized carbons (Fsp3) is 0.481. The minimum atomic E-state index is -2.49. The van der Waals surface area contributed by atoms with Crippen molar-refractivity contribution in [2.45, 2.75) is 63.2 Å². The molecule has 0 radical (unpaired) electrons. The molecule has 220 valence electrons. The van der Waals surface area contributed by atoms with Crippen LogP contribution in [-0.4, -0.2) is 48.8 Å². The van der Waals surface area contributed by atoms with E-state index in [0.29, 0.717) is 47.7 Å². The normalized spacial score (nSPS) is 20.8. The molecule has 2 N–H and O–H groups in total. The van der Waals surface area contributed by atoms with Crippen LogP contribution in [0.4, 0.5) is 17.6 Å². The summed E-state index contributed by atoms with van der Waals surface area (Å²) in [6.45, 7) is 0.412. The van der Waals surface area contributed by atoms with Crippen LogP contribution in [-0.2, 0) is 6.42 Å². The van der Waals surface area contributed by atoms with Crippen LogP contribution in [0.25, 0.3) is 21.5 Å². The molecule has 2 atom stereocenters. The maximum atomic E-state index is 13.2. The van der Waals surface area contributed by atoms with E-state index in [1.165, 1.54) is 0 Å².